The maximum atomic E-state index is 11.4. The molecule has 0 spiro atoms. The van der Waals surface area contributed by atoms with Gasteiger partial charge in [-0.1, -0.05) is 13.8 Å². The zero-order valence-corrected chi connectivity index (χ0v) is 9.21. The quantitative estimate of drug-likeness (QED) is 0.773. The molecule has 0 saturated heterocycles. The van der Waals surface area contributed by atoms with Gasteiger partial charge in [-0.25, -0.2) is 0 Å². The molecule has 2 rings (SSSR count). The number of rotatable bonds is 3. The minimum atomic E-state index is -0.842. The summed E-state index contributed by atoms with van der Waals surface area (Å²) < 4.78 is 0. The Kier molecular flexibility index (Phi) is 2.31. The first-order valence-corrected chi connectivity index (χ1v) is 5.26. The normalized spacial score (nSPS) is 35.6. The average Bonchev–Trinajstić information content (AvgIpc) is 2.57. The van der Waals surface area contributed by atoms with Gasteiger partial charge in [0, 0.05) is 0 Å². The molecule has 16 heavy (non-hydrogen) atoms. The van der Waals surface area contributed by atoms with Crippen LogP contribution >= 0.6 is 0 Å². The molecule has 3 atom stereocenters. The first-order valence-electron chi connectivity index (χ1n) is 5.26. The summed E-state index contributed by atoms with van der Waals surface area (Å²) in [5, 5.41) is 20.9. The summed E-state index contributed by atoms with van der Waals surface area (Å²) in [5.41, 5.74) is -0.310. The topological polar surface area (TPSA) is 80.7 Å². The Morgan fingerprint density at radius 3 is 2.62 bits per heavy atom. The molecule has 0 bridgehead atoms. The highest BCUT2D eigenvalue weighted by molar-refractivity contribution is 5.96. The Morgan fingerprint density at radius 2 is 2.25 bits per heavy atom. The van der Waals surface area contributed by atoms with E-state index in [0.29, 0.717) is 11.5 Å². The van der Waals surface area contributed by atoms with Crippen LogP contribution in [0.1, 0.15) is 20.3 Å². The third-order valence-electron chi connectivity index (χ3n) is 3.82. The van der Waals surface area contributed by atoms with Gasteiger partial charge in [-0.15, -0.1) is 0 Å². The van der Waals surface area contributed by atoms with E-state index < -0.39 is 17.9 Å². The zero-order chi connectivity index (χ0) is 12.1. The molecule has 0 aromatic carbocycles. The summed E-state index contributed by atoms with van der Waals surface area (Å²) in [6.07, 6.45) is 2.79. The van der Waals surface area contributed by atoms with E-state index in [2.05, 4.69) is 0 Å². The van der Waals surface area contributed by atoms with Crippen LogP contribution < -0.4 is 0 Å². The monoisotopic (exact) mass is 224 g/mol. The lowest BCUT2D eigenvalue weighted by Gasteiger charge is -2.30. The first-order chi connectivity index (χ1) is 7.35. The fourth-order valence-electron chi connectivity index (χ4n) is 2.62. The van der Waals surface area contributed by atoms with Gasteiger partial charge >= 0.3 is 5.97 Å². The Balaban J connectivity index is 2.02. The molecule has 0 aromatic rings. The van der Waals surface area contributed by atoms with Crippen molar-refractivity contribution in [3.8, 4) is 0 Å². The fraction of sp³-hybridized carbons (Fsp3) is 0.636. The van der Waals surface area contributed by atoms with Gasteiger partial charge in [-0.05, 0) is 30.0 Å². The first kappa shape index (κ1) is 11.1. The largest absolute Gasteiger partial charge is 0.758 e. The number of carbonyl (C=O) groups is 2. The van der Waals surface area contributed by atoms with Gasteiger partial charge in [-0.3, -0.25) is 9.59 Å². The Bertz CT molecular complexity index is 374. The van der Waals surface area contributed by atoms with Crippen LogP contribution in [-0.4, -0.2) is 28.0 Å². The number of nitrogens with zero attached hydrogens (tertiary/aromatic N) is 1. The summed E-state index contributed by atoms with van der Waals surface area (Å²) in [7, 11) is 0. The predicted molar refractivity (Wildman–Crippen MR) is 56.2 cm³/mol. The SMILES string of the molecule is CC1(C)C(CC2C(=O)C=CN2[O-])C1C(=O)O. The molecule has 0 aromatic heterocycles. The fourth-order valence-corrected chi connectivity index (χ4v) is 2.62. The lowest BCUT2D eigenvalue weighted by molar-refractivity contribution is -0.139. The average molecular weight is 224 g/mol. The van der Waals surface area contributed by atoms with E-state index in [-0.39, 0.29) is 17.1 Å². The molecule has 2 aliphatic rings. The molecule has 1 fully saturated rings. The third kappa shape index (κ3) is 1.51. The summed E-state index contributed by atoms with van der Waals surface area (Å²) in [5.74, 6) is -1.59. The number of carboxylic acid groups (broad SMARTS) is 1. The Labute approximate surface area is 93.3 Å². The second kappa shape index (κ2) is 3.31. The molecule has 1 aliphatic heterocycles. The maximum Gasteiger partial charge on any atom is 0.307 e. The van der Waals surface area contributed by atoms with Crippen molar-refractivity contribution < 1.29 is 14.7 Å². The van der Waals surface area contributed by atoms with Crippen LogP contribution in [-0.2, 0) is 9.59 Å². The molecule has 3 unspecified atom stereocenters. The van der Waals surface area contributed by atoms with Gasteiger partial charge in [0.05, 0.1) is 12.0 Å². The molecule has 88 valence electrons. The molecule has 5 heteroatoms. The summed E-state index contributed by atoms with van der Waals surface area (Å²) in [6.45, 7) is 3.72. The van der Waals surface area contributed by atoms with Crippen molar-refractivity contribution >= 4 is 11.8 Å². The summed E-state index contributed by atoms with van der Waals surface area (Å²) in [6, 6.07) is -0.714. The van der Waals surface area contributed by atoms with Crippen LogP contribution in [0.2, 0.25) is 0 Å². The van der Waals surface area contributed by atoms with E-state index in [1.54, 1.807) is 0 Å². The molecule has 1 heterocycles. The Morgan fingerprint density at radius 1 is 1.62 bits per heavy atom. The van der Waals surface area contributed by atoms with Crippen molar-refractivity contribution in [1.29, 1.82) is 0 Å². The van der Waals surface area contributed by atoms with Gasteiger partial charge in [0.25, 0.3) is 0 Å². The van der Waals surface area contributed by atoms with Gasteiger partial charge in [0.15, 0.2) is 5.78 Å². The number of hydrogen-bond acceptors (Lipinski definition) is 4. The van der Waals surface area contributed by atoms with Crippen molar-refractivity contribution in [3.63, 3.8) is 0 Å². The van der Waals surface area contributed by atoms with Crippen molar-refractivity contribution in [2.75, 3.05) is 0 Å². The van der Waals surface area contributed by atoms with E-state index in [9.17, 15) is 14.8 Å². The highest BCUT2D eigenvalue weighted by Gasteiger charge is 2.62. The second-order valence-electron chi connectivity index (χ2n) is 5.07. The van der Waals surface area contributed by atoms with E-state index >= 15 is 0 Å². The van der Waals surface area contributed by atoms with Crippen molar-refractivity contribution in [3.05, 3.63) is 17.5 Å². The summed E-state index contributed by atoms with van der Waals surface area (Å²) in [4.78, 5) is 22.3. The molecule has 1 aliphatic carbocycles. The van der Waals surface area contributed by atoms with E-state index in [0.717, 1.165) is 0 Å². The predicted octanol–water partition coefficient (Wildman–Crippen LogP) is 0.998. The molecule has 1 saturated carbocycles. The molecular formula is C11H14NO4-. The minimum absolute atomic E-state index is 0.0877. The van der Waals surface area contributed by atoms with Crippen molar-refractivity contribution in [2.45, 2.75) is 26.3 Å². The lowest BCUT2D eigenvalue weighted by Crippen LogP contribution is -2.28. The Hall–Kier alpha value is -1.36. The lowest BCUT2D eigenvalue weighted by atomic mass is 10.0. The second-order valence-corrected chi connectivity index (χ2v) is 5.07. The van der Waals surface area contributed by atoms with E-state index in [1.165, 1.54) is 12.3 Å². The van der Waals surface area contributed by atoms with Gasteiger partial charge in [0.1, 0.15) is 0 Å². The summed E-state index contributed by atoms with van der Waals surface area (Å²) >= 11 is 0. The van der Waals surface area contributed by atoms with Crippen molar-refractivity contribution in [2.24, 2.45) is 17.3 Å². The minimum Gasteiger partial charge on any atom is -0.758 e. The van der Waals surface area contributed by atoms with Crippen LogP contribution in [0, 0.1) is 22.5 Å². The molecule has 0 amide bonds. The smallest absolute Gasteiger partial charge is 0.307 e. The third-order valence-corrected chi connectivity index (χ3v) is 3.82. The number of hydroxylamine groups is 2. The highest BCUT2D eigenvalue weighted by Crippen LogP contribution is 2.60. The van der Waals surface area contributed by atoms with E-state index in [1.807, 2.05) is 13.8 Å². The zero-order valence-electron chi connectivity index (χ0n) is 9.21. The van der Waals surface area contributed by atoms with E-state index in [4.69, 9.17) is 5.11 Å². The van der Waals surface area contributed by atoms with Gasteiger partial charge in [-0.2, -0.15) is 0 Å². The molecule has 0 radical (unpaired) electrons. The van der Waals surface area contributed by atoms with Crippen LogP contribution in [0.4, 0.5) is 0 Å². The number of carboxylic acids is 1. The maximum absolute atomic E-state index is 11.4. The van der Waals surface area contributed by atoms with Gasteiger partial charge in [0.2, 0.25) is 0 Å². The number of carbonyl (C=O) groups excluding carboxylic acids is 1. The molecule has 1 N–H and O–H groups in total. The van der Waals surface area contributed by atoms with Gasteiger partial charge < -0.3 is 15.4 Å². The van der Waals surface area contributed by atoms with Crippen LogP contribution in [0.15, 0.2) is 12.3 Å². The van der Waals surface area contributed by atoms with Crippen LogP contribution in [0.3, 0.4) is 0 Å². The number of hydrogen-bond donors (Lipinski definition) is 1. The van der Waals surface area contributed by atoms with Crippen LogP contribution in [0.5, 0.6) is 0 Å². The standard InChI is InChI=1S/C11H14NO4/c1-11(2)6(9(11)10(14)15)5-7-8(13)3-4-12(7)16/h3-4,6-7,9H,5H2,1-2H3,(H,14,15)/q-1. The van der Waals surface area contributed by atoms with Crippen LogP contribution in [0.25, 0.3) is 0 Å². The van der Waals surface area contributed by atoms with Crippen molar-refractivity contribution in [1.82, 2.24) is 5.06 Å². The molecule has 5 nitrogen and oxygen atoms in total. The number of aliphatic carboxylic acids is 1. The highest BCUT2D eigenvalue weighted by atomic mass is 16.5. The number of ketones is 1. The molecular weight excluding hydrogens is 210 g/mol.